The number of nitrogens with one attached hydrogen (secondary N) is 1. The van der Waals surface area contributed by atoms with Gasteiger partial charge in [0.1, 0.15) is 0 Å². The number of rotatable bonds is 4. The molecule has 2 aromatic heterocycles. The molecule has 0 aliphatic carbocycles. The lowest BCUT2D eigenvalue weighted by atomic mass is 10.1. The molecule has 0 saturated heterocycles. The molecule has 1 N–H and O–H groups in total. The minimum Gasteiger partial charge on any atom is -0.289 e. The van der Waals surface area contributed by atoms with Gasteiger partial charge in [0.05, 0.1) is 23.2 Å². The maximum Gasteiger partial charge on any atom is 0.416 e. The minimum atomic E-state index is -4.45. The van der Waals surface area contributed by atoms with Gasteiger partial charge in [-0.15, -0.1) is 11.3 Å². The average Bonchev–Trinajstić information content (AvgIpc) is 3.30. The van der Waals surface area contributed by atoms with Crippen LogP contribution in [0.25, 0.3) is 16.2 Å². The van der Waals surface area contributed by atoms with Gasteiger partial charge in [-0.25, -0.2) is 10.4 Å². The third-order valence-corrected chi connectivity index (χ3v) is 5.53. The first-order valence-electron chi connectivity index (χ1n) is 8.55. The fraction of sp³-hybridized carbons (Fsp3) is 0.0500. The minimum absolute atomic E-state index is 0.0715. The number of hydrogen-bond acceptors (Lipinski definition) is 4. The SMILES string of the molecule is O=C(N/N=C\c1c(-c2ccc(Br)cc2)nc2sccn12)c1ccc(C(F)(F)F)cc1. The first kappa shape index (κ1) is 20.3. The summed E-state index contributed by atoms with van der Waals surface area (Å²) in [5.74, 6) is -0.615. The number of hydrogen-bond donors (Lipinski definition) is 1. The molecular formula is C20H12BrF3N4OS. The molecule has 0 atom stereocenters. The van der Waals surface area contributed by atoms with E-state index in [-0.39, 0.29) is 5.56 Å². The molecule has 0 bridgehead atoms. The van der Waals surface area contributed by atoms with Crippen molar-refractivity contribution in [2.45, 2.75) is 6.18 Å². The summed E-state index contributed by atoms with van der Waals surface area (Å²) in [5.41, 5.74) is 3.84. The molecule has 0 saturated carbocycles. The van der Waals surface area contributed by atoms with Crippen LogP contribution in [0.5, 0.6) is 0 Å². The molecule has 0 fully saturated rings. The van der Waals surface area contributed by atoms with Crippen molar-refractivity contribution in [1.29, 1.82) is 0 Å². The second-order valence-electron chi connectivity index (χ2n) is 6.18. The summed E-state index contributed by atoms with van der Waals surface area (Å²) in [4.78, 5) is 17.6. The zero-order valence-corrected chi connectivity index (χ0v) is 17.4. The first-order valence-corrected chi connectivity index (χ1v) is 10.2. The Kier molecular flexibility index (Phi) is 5.44. The van der Waals surface area contributed by atoms with Gasteiger partial charge >= 0.3 is 6.18 Å². The third-order valence-electron chi connectivity index (χ3n) is 4.24. The van der Waals surface area contributed by atoms with Gasteiger partial charge in [0.2, 0.25) is 0 Å². The Morgan fingerprint density at radius 1 is 1.13 bits per heavy atom. The Hall–Kier alpha value is -2.98. The number of halogens is 4. The van der Waals surface area contributed by atoms with Crippen LogP contribution in [0.2, 0.25) is 0 Å². The highest BCUT2D eigenvalue weighted by atomic mass is 79.9. The summed E-state index contributed by atoms with van der Waals surface area (Å²) in [5, 5.41) is 5.86. The van der Waals surface area contributed by atoms with Crippen molar-refractivity contribution in [1.82, 2.24) is 14.8 Å². The Morgan fingerprint density at radius 2 is 1.83 bits per heavy atom. The highest BCUT2D eigenvalue weighted by Crippen LogP contribution is 2.29. The van der Waals surface area contributed by atoms with Gasteiger partial charge in [0.15, 0.2) is 4.96 Å². The molecule has 0 aliphatic rings. The standard InChI is InChI=1S/C20H12BrF3N4OS/c21-15-7-3-12(4-8-15)17-16(28-9-10-30-19(28)26-17)11-25-27-18(29)13-1-5-14(6-2-13)20(22,23)24/h1-11H,(H,27,29)/b25-11-. The van der Waals surface area contributed by atoms with Crippen LogP contribution in [0.3, 0.4) is 0 Å². The number of fused-ring (bicyclic) bond motifs is 1. The van der Waals surface area contributed by atoms with Gasteiger partial charge in [-0.3, -0.25) is 9.20 Å². The zero-order valence-electron chi connectivity index (χ0n) is 15.0. The van der Waals surface area contributed by atoms with Crippen LogP contribution in [0, 0.1) is 0 Å². The van der Waals surface area contributed by atoms with Crippen molar-refractivity contribution >= 4 is 44.3 Å². The van der Waals surface area contributed by atoms with Gasteiger partial charge in [-0.05, 0) is 36.4 Å². The molecule has 0 spiro atoms. The van der Waals surface area contributed by atoms with E-state index < -0.39 is 17.6 Å². The van der Waals surface area contributed by atoms with Crippen LogP contribution in [-0.4, -0.2) is 21.5 Å². The molecule has 4 rings (SSSR count). The van der Waals surface area contributed by atoms with E-state index in [2.05, 4.69) is 31.4 Å². The van der Waals surface area contributed by atoms with E-state index >= 15 is 0 Å². The lowest BCUT2D eigenvalue weighted by molar-refractivity contribution is -0.137. The van der Waals surface area contributed by atoms with Crippen LogP contribution in [0.1, 0.15) is 21.6 Å². The number of imidazole rings is 1. The van der Waals surface area contributed by atoms with E-state index in [9.17, 15) is 18.0 Å². The Labute approximate surface area is 181 Å². The van der Waals surface area contributed by atoms with Gasteiger partial charge in [-0.1, -0.05) is 28.1 Å². The van der Waals surface area contributed by atoms with Crippen molar-refractivity contribution in [3.63, 3.8) is 0 Å². The summed E-state index contributed by atoms with van der Waals surface area (Å²) < 4.78 is 40.7. The van der Waals surface area contributed by atoms with Crippen LogP contribution in [-0.2, 0) is 6.18 Å². The van der Waals surface area contributed by atoms with Crippen molar-refractivity contribution in [3.05, 3.63) is 81.4 Å². The quantitative estimate of drug-likeness (QED) is 0.297. The summed E-state index contributed by atoms with van der Waals surface area (Å²) in [6, 6.07) is 11.6. The third kappa shape index (κ3) is 4.14. The van der Waals surface area contributed by atoms with Crippen molar-refractivity contribution in [2.75, 3.05) is 0 Å². The molecule has 10 heteroatoms. The number of aromatic nitrogens is 2. The van der Waals surface area contributed by atoms with Crippen molar-refractivity contribution < 1.29 is 18.0 Å². The molecule has 1 amide bonds. The maximum absolute atomic E-state index is 12.6. The topological polar surface area (TPSA) is 58.8 Å². The molecule has 0 radical (unpaired) electrons. The van der Waals surface area contributed by atoms with E-state index in [0.29, 0.717) is 11.4 Å². The van der Waals surface area contributed by atoms with Gasteiger partial charge in [0.25, 0.3) is 5.91 Å². The monoisotopic (exact) mass is 492 g/mol. The normalized spacial score (nSPS) is 12.0. The lowest BCUT2D eigenvalue weighted by Crippen LogP contribution is -2.18. The molecule has 5 nitrogen and oxygen atoms in total. The van der Waals surface area contributed by atoms with Crippen molar-refractivity contribution in [3.8, 4) is 11.3 Å². The van der Waals surface area contributed by atoms with E-state index in [1.807, 2.05) is 40.2 Å². The molecule has 0 unspecified atom stereocenters. The van der Waals surface area contributed by atoms with Crippen LogP contribution < -0.4 is 5.43 Å². The van der Waals surface area contributed by atoms with Gasteiger partial charge in [-0.2, -0.15) is 18.3 Å². The van der Waals surface area contributed by atoms with Crippen LogP contribution >= 0.6 is 27.3 Å². The maximum atomic E-state index is 12.6. The van der Waals surface area contributed by atoms with E-state index in [1.54, 1.807) is 0 Å². The average molecular weight is 493 g/mol. The number of hydrazone groups is 1. The summed E-state index contributed by atoms with van der Waals surface area (Å²) >= 11 is 4.86. The predicted molar refractivity (Wildman–Crippen MR) is 113 cm³/mol. The smallest absolute Gasteiger partial charge is 0.289 e. The summed E-state index contributed by atoms with van der Waals surface area (Å²) in [7, 11) is 0. The number of nitrogens with zero attached hydrogens (tertiary/aromatic N) is 3. The number of alkyl halides is 3. The number of carbonyl (C=O) groups is 1. The lowest BCUT2D eigenvalue weighted by Gasteiger charge is -2.06. The molecular weight excluding hydrogens is 481 g/mol. The summed E-state index contributed by atoms with van der Waals surface area (Å²) in [6.07, 6.45) is -1.15. The number of amides is 1. The Morgan fingerprint density at radius 3 is 2.50 bits per heavy atom. The second-order valence-corrected chi connectivity index (χ2v) is 7.97. The fourth-order valence-electron chi connectivity index (χ4n) is 2.77. The van der Waals surface area contributed by atoms with E-state index in [0.717, 1.165) is 39.3 Å². The van der Waals surface area contributed by atoms with E-state index in [1.165, 1.54) is 17.6 Å². The molecule has 2 aromatic carbocycles. The molecule has 2 heterocycles. The molecule has 30 heavy (non-hydrogen) atoms. The Balaban J connectivity index is 1.57. The van der Waals surface area contributed by atoms with E-state index in [4.69, 9.17) is 0 Å². The molecule has 4 aromatic rings. The Bertz CT molecular complexity index is 1230. The first-order chi connectivity index (χ1) is 14.3. The predicted octanol–water partition coefficient (Wildman–Crippen LogP) is 5.61. The molecule has 0 aliphatic heterocycles. The fourth-order valence-corrected chi connectivity index (χ4v) is 3.76. The van der Waals surface area contributed by atoms with Crippen molar-refractivity contribution in [2.24, 2.45) is 5.10 Å². The highest BCUT2D eigenvalue weighted by molar-refractivity contribution is 9.10. The van der Waals surface area contributed by atoms with Gasteiger partial charge in [0, 0.05) is 27.2 Å². The largest absolute Gasteiger partial charge is 0.416 e. The van der Waals surface area contributed by atoms with Gasteiger partial charge < -0.3 is 0 Å². The van der Waals surface area contributed by atoms with Crippen LogP contribution in [0.4, 0.5) is 13.2 Å². The number of benzene rings is 2. The molecule has 152 valence electrons. The van der Waals surface area contributed by atoms with Crippen LogP contribution in [0.15, 0.2) is 69.7 Å². The summed E-state index contributed by atoms with van der Waals surface area (Å²) in [6.45, 7) is 0. The second kappa shape index (κ2) is 8.04. The number of thiazole rings is 1. The highest BCUT2D eigenvalue weighted by Gasteiger charge is 2.30. The zero-order chi connectivity index (χ0) is 21.3. The number of carbonyl (C=O) groups excluding carboxylic acids is 1.